The van der Waals surface area contributed by atoms with Crippen LogP contribution in [0.25, 0.3) is 0 Å². The van der Waals surface area contributed by atoms with Crippen molar-refractivity contribution >= 4 is 5.82 Å². The van der Waals surface area contributed by atoms with Gasteiger partial charge in [0.2, 0.25) is 0 Å². The summed E-state index contributed by atoms with van der Waals surface area (Å²) in [4.78, 5) is 27.8. The summed E-state index contributed by atoms with van der Waals surface area (Å²) in [6, 6.07) is 2.96. The Hall–Kier alpha value is -2.55. The second-order valence-corrected chi connectivity index (χ2v) is 6.87. The van der Waals surface area contributed by atoms with E-state index in [0.29, 0.717) is 26.1 Å². The molecule has 1 aromatic heterocycles. The summed E-state index contributed by atoms with van der Waals surface area (Å²) in [5, 5.41) is 2.53. The molecular weight excluding hydrogens is 363 g/mol. The number of H-pyrrole nitrogens is 1. The number of benzene rings is 1. The molecule has 3 heterocycles. The quantitative estimate of drug-likeness (QED) is 0.838. The highest BCUT2D eigenvalue weighted by atomic mass is 19.3. The maximum absolute atomic E-state index is 14.8. The standard InChI is InChI=1S/C18H18F3N3O3/c19-11-3-1-2-10(8-11)14-18(20,21)9-13-15(22-14)23-17(26)24(16(13)25)12-4-6-27-7-5-12/h1-3,8,12,14,22H,4-7,9H2,(H,23,26)/t14-/m0/s1. The Morgan fingerprint density at radius 1 is 1.19 bits per heavy atom. The van der Waals surface area contributed by atoms with Gasteiger partial charge in [0.25, 0.3) is 11.5 Å². The smallest absolute Gasteiger partial charge is 0.330 e. The molecule has 0 saturated carbocycles. The van der Waals surface area contributed by atoms with Crippen molar-refractivity contribution in [1.29, 1.82) is 0 Å². The van der Waals surface area contributed by atoms with Gasteiger partial charge in [-0.2, -0.15) is 0 Å². The zero-order valence-electron chi connectivity index (χ0n) is 14.3. The number of aromatic nitrogens is 2. The largest absolute Gasteiger partial charge is 0.381 e. The van der Waals surface area contributed by atoms with Crippen molar-refractivity contribution in [2.75, 3.05) is 18.5 Å². The Labute approximate surface area is 152 Å². The fourth-order valence-corrected chi connectivity index (χ4v) is 3.75. The van der Waals surface area contributed by atoms with Crippen molar-refractivity contribution in [2.45, 2.75) is 37.3 Å². The van der Waals surface area contributed by atoms with E-state index in [-0.39, 0.29) is 23.0 Å². The molecule has 1 atom stereocenters. The second-order valence-electron chi connectivity index (χ2n) is 6.87. The maximum atomic E-state index is 14.8. The van der Waals surface area contributed by atoms with Gasteiger partial charge in [-0.25, -0.2) is 18.0 Å². The molecule has 2 aromatic rings. The van der Waals surface area contributed by atoms with Gasteiger partial charge in [0.15, 0.2) is 0 Å². The van der Waals surface area contributed by atoms with Crippen LogP contribution in [-0.2, 0) is 11.2 Å². The number of fused-ring (bicyclic) bond motifs is 1. The van der Waals surface area contributed by atoms with Crippen LogP contribution in [-0.4, -0.2) is 28.7 Å². The Bertz CT molecular complexity index is 980. The summed E-state index contributed by atoms with van der Waals surface area (Å²) in [5.41, 5.74) is -1.49. The van der Waals surface area contributed by atoms with Crippen molar-refractivity contribution in [3.05, 3.63) is 62.0 Å². The predicted molar refractivity (Wildman–Crippen MR) is 91.8 cm³/mol. The van der Waals surface area contributed by atoms with E-state index in [0.717, 1.165) is 16.7 Å². The molecule has 4 rings (SSSR count). The minimum atomic E-state index is -3.33. The minimum absolute atomic E-state index is 0.0338. The molecule has 0 bridgehead atoms. The predicted octanol–water partition coefficient (Wildman–Crippen LogP) is 2.37. The molecule has 0 spiro atoms. The Balaban J connectivity index is 1.77. The van der Waals surface area contributed by atoms with Crippen LogP contribution in [0.5, 0.6) is 0 Å². The van der Waals surface area contributed by atoms with Crippen molar-refractivity contribution in [3.63, 3.8) is 0 Å². The number of halogens is 3. The molecule has 2 aliphatic heterocycles. The summed E-state index contributed by atoms with van der Waals surface area (Å²) >= 11 is 0. The molecule has 0 amide bonds. The summed E-state index contributed by atoms with van der Waals surface area (Å²) in [6.45, 7) is 0.813. The Morgan fingerprint density at radius 2 is 1.93 bits per heavy atom. The van der Waals surface area contributed by atoms with Crippen molar-refractivity contribution in [2.24, 2.45) is 0 Å². The van der Waals surface area contributed by atoms with Crippen molar-refractivity contribution in [1.82, 2.24) is 9.55 Å². The lowest BCUT2D eigenvalue weighted by atomic mass is 9.92. The molecule has 0 aliphatic carbocycles. The van der Waals surface area contributed by atoms with E-state index in [9.17, 15) is 22.8 Å². The minimum Gasteiger partial charge on any atom is -0.381 e. The summed E-state index contributed by atoms with van der Waals surface area (Å²) < 4.78 is 49.3. The van der Waals surface area contributed by atoms with Crippen LogP contribution >= 0.6 is 0 Å². The molecule has 1 fully saturated rings. The molecule has 6 nitrogen and oxygen atoms in total. The molecule has 0 unspecified atom stereocenters. The van der Waals surface area contributed by atoms with Crippen LogP contribution < -0.4 is 16.6 Å². The third-order valence-electron chi connectivity index (χ3n) is 5.09. The highest BCUT2D eigenvalue weighted by Gasteiger charge is 2.46. The van der Waals surface area contributed by atoms with Crippen molar-refractivity contribution in [3.8, 4) is 0 Å². The molecule has 1 saturated heterocycles. The number of hydrogen-bond acceptors (Lipinski definition) is 4. The first-order valence-corrected chi connectivity index (χ1v) is 8.72. The number of hydrogen-bond donors (Lipinski definition) is 2. The molecule has 2 aliphatic rings. The Kier molecular flexibility index (Phi) is 4.33. The lowest BCUT2D eigenvalue weighted by molar-refractivity contribution is -0.0236. The monoisotopic (exact) mass is 381 g/mol. The van der Waals surface area contributed by atoms with Gasteiger partial charge in [0.1, 0.15) is 17.7 Å². The van der Waals surface area contributed by atoms with Crippen molar-refractivity contribution < 1.29 is 17.9 Å². The number of alkyl halides is 2. The SMILES string of the molecule is O=c1[nH]c2c(c(=O)n1C1CCOCC1)CC(F)(F)[C@H](c1cccc(F)c1)N2. The molecule has 27 heavy (non-hydrogen) atoms. The van der Waals surface area contributed by atoms with E-state index >= 15 is 0 Å². The zero-order chi connectivity index (χ0) is 19.2. The maximum Gasteiger partial charge on any atom is 0.330 e. The van der Waals surface area contributed by atoms with Gasteiger partial charge in [0, 0.05) is 25.7 Å². The normalized spacial score (nSPS) is 22.1. The molecule has 2 N–H and O–H groups in total. The van der Waals surface area contributed by atoms with E-state index in [4.69, 9.17) is 4.74 Å². The lowest BCUT2D eigenvalue weighted by Gasteiger charge is -2.34. The number of rotatable bonds is 2. The van der Waals surface area contributed by atoms with Crippen LogP contribution in [0.1, 0.15) is 36.1 Å². The summed E-state index contributed by atoms with van der Waals surface area (Å²) in [6.07, 6.45) is 0.102. The molecule has 9 heteroatoms. The molecular formula is C18H18F3N3O3. The topological polar surface area (TPSA) is 76.1 Å². The summed E-state index contributed by atoms with van der Waals surface area (Å²) in [7, 11) is 0. The van der Waals surface area contributed by atoms with Crippen LogP contribution in [0.2, 0.25) is 0 Å². The molecule has 144 valence electrons. The highest BCUT2D eigenvalue weighted by molar-refractivity contribution is 5.50. The molecule has 0 radical (unpaired) electrons. The van der Waals surface area contributed by atoms with Gasteiger partial charge >= 0.3 is 5.69 Å². The van der Waals surface area contributed by atoms with Crippen LogP contribution in [0.3, 0.4) is 0 Å². The number of anilines is 1. The van der Waals surface area contributed by atoms with E-state index in [2.05, 4.69) is 10.3 Å². The van der Waals surface area contributed by atoms with E-state index in [1.165, 1.54) is 12.1 Å². The number of aromatic amines is 1. The number of nitrogens with zero attached hydrogens (tertiary/aromatic N) is 1. The van der Waals surface area contributed by atoms with Crippen LogP contribution in [0, 0.1) is 5.82 Å². The fraction of sp³-hybridized carbons (Fsp3) is 0.444. The fourth-order valence-electron chi connectivity index (χ4n) is 3.75. The van der Waals surface area contributed by atoms with Crippen LogP contribution in [0.15, 0.2) is 33.9 Å². The number of ether oxygens (including phenoxy) is 1. The van der Waals surface area contributed by atoms with Gasteiger partial charge in [-0.15, -0.1) is 0 Å². The zero-order valence-corrected chi connectivity index (χ0v) is 14.3. The first-order valence-electron chi connectivity index (χ1n) is 8.72. The number of nitrogens with one attached hydrogen (secondary N) is 2. The average Bonchev–Trinajstić information content (AvgIpc) is 2.63. The van der Waals surface area contributed by atoms with Gasteiger partial charge in [-0.1, -0.05) is 12.1 Å². The van der Waals surface area contributed by atoms with Gasteiger partial charge < -0.3 is 10.1 Å². The van der Waals surface area contributed by atoms with Gasteiger partial charge in [-0.3, -0.25) is 14.3 Å². The lowest BCUT2D eigenvalue weighted by Crippen LogP contribution is -2.48. The average molecular weight is 381 g/mol. The third kappa shape index (κ3) is 3.16. The summed E-state index contributed by atoms with van der Waals surface area (Å²) in [5.74, 6) is -4.00. The second kappa shape index (κ2) is 6.56. The van der Waals surface area contributed by atoms with E-state index < -0.39 is 35.5 Å². The first kappa shape index (κ1) is 17.8. The van der Waals surface area contributed by atoms with Crippen LogP contribution in [0.4, 0.5) is 19.0 Å². The van der Waals surface area contributed by atoms with Gasteiger partial charge in [0.05, 0.1) is 5.56 Å². The van der Waals surface area contributed by atoms with E-state index in [1.54, 1.807) is 0 Å². The molecule has 1 aromatic carbocycles. The third-order valence-corrected chi connectivity index (χ3v) is 5.09. The van der Waals surface area contributed by atoms with E-state index in [1.807, 2.05) is 0 Å². The Morgan fingerprint density at radius 3 is 2.63 bits per heavy atom. The van der Waals surface area contributed by atoms with Gasteiger partial charge in [-0.05, 0) is 30.5 Å². The highest BCUT2D eigenvalue weighted by Crippen LogP contribution is 2.41. The first-order chi connectivity index (χ1) is 12.9.